The minimum atomic E-state index is -0.331. The van der Waals surface area contributed by atoms with E-state index in [-0.39, 0.29) is 23.9 Å². The molecule has 0 aromatic heterocycles. The van der Waals surface area contributed by atoms with Gasteiger partial charge in [-0.1, -0.05) is 6.07 Å². The lowest BCUT2D eigenvalue weighted by atomic mass is 10.2. The van der Waals surface area contributed by atoms with Gasteiger partial charge >= 0.3 is 0 Å². The third-order valence-corrected chi connectivity index (χ3v) is 4.05. The highest BCUT2D eigenvalue weighted by Gasteiger charge is 2.29. The second kappa shape index (κ2) is 5.94. The Morgan fingerprint density at radius 2 is 2.39 bits per heavy atom. The molecule has 1 aliphatic heterocycles. The van der Waals surface area contributed by atoms with E-state index in [9.17, 15) is 9.18 Å². The maximum atomic E-state index is 13.3. The lowest BCUT2D eigenvalue weighted by Crippen LogP contribution is -2.35. The summed E-state index contributed by atoms with van der Waals surface area (Å²) >= 11 is 1.88. The molecule has 1 saturated heterocycles. The molecular weight excluding hydrogens is 350 g/mol. The number of carbonyl (C=O) groups is 1. The van der Waals surface area contributed by atoms with Gasteiger partial charge in [-0.25, -0.2) is 4.39 Å². The van der Waals surface area contributed by atoms with Gasteiger partial charge in [0.15, 0.2) is 0 Å². The topological polar surface area (TPSA) is 50.4 Å². The van der Waals surface area contributed by atoms with Crippen LogP contribution < -0.4 is 10.6 Å². The minimum absolute atomic E-state index is 0.0623. The third-order valence-electron chi connectivity index (χ3n) is 2.95. The molecule has 0 aliphatic carbocycles. The van der Waals surface area contributed by atoms with Gasteiger partial charge in [-0.05, 0) is 41.1 Å². The number of rotatable bonds is 3. The lowest BCUT2D eigenvalue weighted by Gasteiger charge is -2.12. The molecule has 0 bridgehead atoms. The summed E-state index contributed by atoms with van der Waals surface area (Å²) in [4.78, 5) is 12.0. The molecule has 0 spiro atoms. The fraction of sp³-hybridized carbons (Fsp3) is 0.417. The third kappa shape index (κ3) is 2.99. The van der Waals surface area contributed by atoms with Crippen molar-refractivity contribution in [2.45, 2.75) is 18.6 Å². The molecule has 4 nitrogen and oxygen atoms in total. The van der Waals surface area contributed by atoms with Gasteiger partial charge in [0.05, 0.1) is 21.4 Å². The van der Waals surface area contributed by atoms with Gasteiger partial charge in [0.1, 0.15) is 5.82 Å². The van der Waals surface area contributed by atoms with E-state index >= 15 is 0 Å². The average Bonchev–Trinajstić information content (AvgIpc) is 2.83. The first-order chi connectivity index (χ1) is 8.61. The molecule has 18 heavy (non-hydrogen) atoms. The van der Waals surface area contributed by atoms with Crippen LogP contribution in [-0.4, -0.2) is 31.7 Å². The molecular formula is C12H14FIN2O2. The minimum Gasteiger partial charge on any atom is -0.380 e. The highest BCUT2D eigenvalue weighted by molar-refractivity contribution is 14.1. The Hall–Kier alpha value is -0.730. The van der Waals surface area contributed by atoms with Crippen LogP contribution in [0.2, 0.25) is 0 Å². The molecule has 2 N–H and O–H groups in total. The number of hydrogen-bond acceptors (Lipinski definition) is 3. The molecule has 1 amide bonds. The summed E-state index contributed by atoms with van der Waals surface area (Å²) in [5, 5.41) is 5.81. The van der Waals surface area contributed by atoms with Gasteiger partial charge in [-0.15, -0.1) is 0 Å². The predicted octanol–water partition coefficient (Wildman–Crippen LogP) is 1.75. The molecule has 1 aromatic carbocycles. The van der Waals surface area contributed by atoms with E-state index in [1.54, 1.807) is 19.2 Å². The van der Waals surface area contributed by atoms with Crippen molar-refractivity contribution in [3.05, 3.63) is 27.6 Å². The zero-order chi connectivity index (χ0) is 13.1. The maximum absolute atomic E-state index is 13.3. The monoisotopic (exact) mass is 364 g/mol. The Kier molecular flexibility index (Phi) is 4.52. The van der Waals surface area contributed by atoms with Gasteiger partial charge in [-0.3, -0.25) is 4.79 Å². The Morgan fingerprint density at radius 3 is 3.06 bits per heavy atom. The normalized spacial score (nSPS) is 23.1. The number of nitrogens with one attached hydrogen (secondary N) is 2. The van der Waals surface area contributed by atoms with E-state index in [0.717, 1.165) is 0 Å². The average molecular weight is 364 g/mol. The Morgan fingerprint density at radius 1 is 1.61 bits per heavy atom. The summed E-state index contributed by atoms with van der Waals surface area (Å²) in [5.74, 6) is -0.486. The van der Waals surface area contributed by atoms with Crippen LogP contribution >= 0.6 is 22.6 Å². The van der Waals surface area contributed by atoms with E-state index in [4.69, 9.17) is 4.74 Å². The molecule has 0 radical (unpaired) electrons. The van der Waals surface area contributed by atoms with Crippen molar-refractivity contribution >= 4 is 34.2 Å². The van der Waals surface area contributed by atoms with Crippen LogP contribution in [0.15, 0.2) is 18.2 Å². The predicted molar refractivity (Wildman–Crippen MR) is 75.0 cm³/mol. The number of halogens is 2. The second-order valence-electron chi connectivity index (χ2n) is 4.14. The van der Waals surface area contributed by atoms with Crippen molar-refractivity contribution < 1.29 is 13.9 Å². The van der Waals surface area contributed by atoms with Gasteiger partial charge < -0.3 is 15.4 Å². The van der Waals surface area contributed by atoms with Crippen LogP contribution in [-0.2, 0) is 9.53 Å². The van der Waals surface area contributed by atoms with E-state index in [2.05, 4.69) is 10.6 Å². The molecule has 2 unspecified atom stereocenters. The first-order valence-corrected chi connectivity index (χ1v) is 6.70. The highest BCUT2D eigenvalue weighted by Crippen LogP contribution is 2.21. The van der Waals surface area contributed by atoms with Crippen molar-refractivity contribution in [1.29, 1.82) is 0 Å². The van der Waals surface area contributed by atoms with Crippen molar-refractivity contribution in [2.24, 2.45) is 0 Å². The molecule has 1 aliphatic rings. The summed E-state index contributed by atoms with van der Waals surface area (Å²) in [5.41, 5.74) is 0.503. The zero-order valence-corrected chi connectivity index (χ0v) is 12.0. The summed E-state index contributed by atoms with van der Waals surface area (Å²) in [6.07, 6.45) is 0.696. The summed E-state index contributed by atoms with van der Waals surface area (Å²) in [6, 6.07) is 4.35. The lowest BCUT2D eigenvalue weighted by molar-refractivity contribution is -0.118. The fourth-order valence-electron chi connectivity index (χ4n) is 1.90. The van der Waals surface area contributed by atoms with Crippen LogP contribution in [0.4, 0.5) is 10.1 Å². The van der Waals surface area contributed by atoms with Gasteiger partial charge in [0.2, 0.25) is 5.91 Å². The number of benzene rings is 1. The van der Waals surface area contributed by atoms with Crippen molar-refractivity contribution in [2.75, 3.05) is 19.0 Å². The van der Waals surface area contributed by atoms with Crippen LogP contribution in [0, 0.1) is 9.39 Å². The molecule has 98 valence electrons. The standard InChI is InChI=1S/C12H14FIN2O2/c1-18-7-5-10(15-6-7)12(17)16-9-4-2-3-8(13)11(9)14/h2-4,7,10,15H,5-6H2,1H3,(H,16,17). The van der Waals surface area contributed by atoms with Gasteiger partial charge in [0.25, 0.3) is 0 Å². The van der Waals surface area contributed by atoms with Crippen LogP contribution in [0.25, 0.3) is 0 Å². The fourth-order valence-corrected chi connectivity index (χ4v) is 2.40. The molecule has 2 atom stereocenters. The number of methoxy groups -OCH3 is 1. The Labute approximate surface area is 118 Å². The van der Waals surface area contributed by atoms with E-state index < -0.39 is 0 Å². The van der Waals surface area contributed by atoms with Gasteiger partial charge in [0, 0.05) is 13.7 Å². The number of ether oxygens (including phenoxy) is 1. The summed E-state index contributed by atoms with van der Waals surface area (Å²) in [6.45, 7) is 0.662. The smallest absolute Gasteiger partial charge is 0.241 e. The number of anilines is 1. The maximum Gasteiger partial charge on any atom is 0.241 e. The molecule has 1 fully saturated rings. The first-order valence-electron chi connectivity index (χ1n) is 5.63. The van der Waals surface area contributed by atoms with Crippen molar-refractivity contribution in [3.8, 4) is 0 Å². The van der Waals surface area contributed by atoms with Crippen LogP contribution in [0.5, 0.6) is 0 Å². The van der Waals surface area contributed by atoms with Crippen molar-refractivity contribution in [1.82, 2.24) is 5.32 Å². The van der Waals surface area contributed by atoms with Crippen molar-refractivity contribution in [3.63, 3.8) is 0 Å². The second-order valence-corrected chi connectivity index (χ2v) is 5.22. The number of hydrogen-bond donors (Lipinski definition) is 2. The molecule has 1 aromatic rings. The van der Waals surface area contributed by atoms with Crippen LogP contribution in [0.3, 0.4) is 0 Å². The zero-order valence-electron chi connectivity index (χ0n) is 9.87. The molecule has 1 heterocycles. The van der Waals surface area contributed by atoms with E-state index in [1.807, 2.05) is 22.6 Å². The molecule has 0 saturated carbocycles. The van der Waals surface area contributed by atoms with Gasteiger partial charge in [-0.2, -0.15) is 0 Å². The van der Waals surface area contributed by atoms with E-state index in [0.29, 0.717) is 22.2 Å². The van der Waals surface area contributed by atoms with Crippen LogP contribution in [0.1, 0.15) is 6.42 Å². The Balaban J connectivity index is 2.01. The summed E-state index contributed by atoms with van der Waals surface area (Å²) < 4.78 is 18.9. The highest BCUT2D eigenvalue weighted by atomic mass is 127. The molecule has 6 heteroatoms. The largest absolute Gasteiger partial charge is 0.380 e. The molecule has 2 rings (SSSR count). The number of carbonyl (C=O) groups excluding carboxylic acids is 1. The first kappa shape index (κ1) is 13.7. The SMILES string of the molecule is COC1CNC(C(=O)Nc2cccc(F)c2I)C1. The number of amides is 1. The Bertz CT molecular complexity index is 456. The summed E-state index contributed by atoms with van der Waals surface area (Å²) in [7, 11) is 1.63. The quantitative estimate of drug-likeness (QED) is 0.804. The van der Waals surface area contributed by atoms with E-state index in [1.165, 1.54) is 6.07 Å².